The van der Waals surface area contributed by atoms with Crippen LogP contribution in [-0.4, -0.2) is 231 Å². The SMILES string of the molecule is CC(C)C[C@H](NC(=O)CNC(=O)[C@H](Cc1c[nH]cn1)NC(=O)[C@@H](NC(=O)CNC(=O)[C@H](Cc1ccc(O)cc1)NC(=O)[C@H](CCCCN)NC(=O)CN)C(C)C)C(=O)N[C@H](C(=O)NCC(=O)N1CCC[C@H]1C(=O)N[C@@H](CC(C)C)C(=O)NCC(=O)N1CCC[C@H]1C(=O)O)[C@@H](C)O. The lowest BCUT2D eigenvalue weighted by molar-refractivity contribution is -0.148. The van der Waals surface area contributed by atoms with E-state index in [4.69, 9.17) is 11.5 Å². The van der Waals surface area contributed by atoms with E-state index in [2.05, 4.69) is 68.5 Å². The van der Waals surface area contributed by atoms with Crippen molar-refractivity contribution >= 4 is 82.8 Å². The lowest BCUT2D eigenvalue weighted by atomic mass is 10.0. The molecule has 2 aliphatic heterocycles. The molecule has 19 N–H and O–H groups in total. The normalized spacial score (nSPS) is 16.9. The van der Waals surface area contributed by atoms with Gasteiger partial charge in [0.05, 0.1) is 50.8 Å². The number of aromatic hydroxyl groups is 1. The number of H-pyrrole nitrogens is 1. The number of aliphatic carboxylic acids is 1. The molecule has 34 heteroatoms. The monoisotopic (exact) mass is 1350 g/mol. The third-order valence-corrected chi connectivity index (χ3v) is 15.8. The van der Waals surface area contributed by atoms with Crippen molar-refractivity contribution in [2.75, 3.05) is 52.4 Å². The molecule has 2 aliphatic rings. The van der Waals surface area contributed by atoms with Crippen LogP contribution in [0.2, 0.25) is 0 Å². The predicted molar refractivity (Wildman–Crippen MR) is 344 cm³/mol. The number of aromatic amines is 1. The number of nitrogens with zero attached hydrogens (tertiary/aromatic N) is 3. The summed E-state index contributed by atoms with van der Waals surface area (Å²) in [7, 11) is 0. The molecule has 0 bridgehead atoms. The average molecular weight is 1350 g/mol. The van der Waals surface area contributed by atoms with Crippen LogP contribution in [0.5, 0.6) is 5.75 Å². The first-order valence-corrected chi connectivity index (χ1v) is 32.3. The molecule has 3 heterocycles. The van der Waals surface area contributed by atoms with Gasteiger partial charge in [0.15, 0.2) is 0 Å². The average Bonchev–Trinajstić information content (AvgIpc) is 1.75. The minimum absolute atomic E-state index is 0.00607. The van der Waals surface area contributed by atoms with Crippen LogP contribution < -0.4 is 70.0 Å². The Hall–Kier alpha value is -9.31. The number of imidazole rings is 1. The number of aliphatic hydroxyl groups excluding tert-OH is 1. The van der Waals surface area contributed by atoms with Crippen LogP contribution in [0.1, 0.15) is 118 Å². The number of carbonyl (C=O) groups excluding carboxylic acids is 13. The highest BCUT2D eigenvalue weighted by Crippen LogP contribution is 2.20. The molecular weight excluding hydrogens is 1250 g/mol. The number of unbranched alkanes of at least 4 members (excludes halogenated alkanes) is 1. The molecule has 4 rings (SSSR count). The number of hydrogen-bond acceptors (Lipinski definition) is 19. The maximum Gasteiger partial charge on any atom is 0.326 e. The van der Waals surface area contributed by atoms with E-state index in [1.807, 2.05) is 13.8 Å². The van der Waals surface area contributed by atoms with Gasteiger partial charge in [0.2, 0.25) is 76.8 Å². The van der Waals surface area contributed by atoms with Gasteiger partial charge in [0, 0.05) is 32.1 Å². The van der Waals surface area contributed by atoms with Crippen molar-refractivity contribution in [1.29, 1.82) is 0 Å². The van der Waals surface area contributed by atoms with Crippen molar-refractivity contribution < 1.29 is 82.4 Å². The lowest BCUT2D eigenvalue weighted by Gasteiger charge is -2.28. The van der Waals surface area contributed by atoms with Gasteiger partial charge in [0.25, 0.3) is 0 Å². The van der Waals surface area contributed by atoms with Crippen LogP contribution >= 0.6 is 0 Å². The summed E-state index contributed by atoms with van der Waals surface area (Å²) >= 11 is 0. The van der Waals surface area contributed by atoms with E-state index >= 15 is 0 Å². The summed E-state index contributed by atoms with van der Waals surface area (Å²) in [6.45, 7) is 9.15. The molecule has 0 spiro atoms. The van der Waals surface area contributed by atoms with Crippen LogP contribution in [0.15, 0.2) is 36.8 Å². The second-order valence-corrected chi connectivity index (χ2v) is 25.0. The van der Waals surface area contributed by atoms with Crippen molar-refractivity contribution in [3.8, 4) is 5.75 Å². The molecule has 2 aromatic rings. The molecule has 0 unspecified atom stereocenters. The molecular formula is C62H97N17O17. The van der Waals surface area contributed by atoms with Crippen LogP contribution in [0.3, 0.4) is 0 Å². The number of rotatable bonds is 39. The first kappa shape index (κ1) is 79.1. The Kier molecular flexibility index (Phi) is 32.6. The number of benzene rings is 1. The quantitative estimate of drug-likeness (QED) is 0.0279. The zero-order chi connectivity index (χ0) is 71.3. The number of carboxylic acid groups (broad SMARTS) is 1. The molecule has 2 saturated heterocycles. The Labute approximate surface area is 556 Å². The van der Waals surface area contributed by atoms with Crippen LogP contribution in [0, 0.1) is 17.8 Å². The van der Waals surface area contributed by atoms with Crippen molar-refractivity contribution in [2.24, 2.45) is 29.2 Å². The van der Waals surface area contributed by atoms with Gasteiger partial charge >= 0.3 is 5.97 Å². The minimum Gasteiger partial charge on any atom is -0.508 e. The minimum atomic E-state index is -1.68. The number of aliphatic hydroxyl groups is 1. The number of carbonyl (C=O) groups is 14. The standard InChI is InChI=1S/C62H97N17O17/c1-33(2)22-41(54(87)68-30-51(86)79-21-11-14-46(79)62(95)96)74-59(92)45-13-10-20-78(45)50(85)31-69-60(93)53(36(7)80)77-58(91)42(23-34(3)4)72-48(83)28-66-56(89)44(25-38-27-65-32-70-38)75-61(94)52(35(5)6)76-49(84)29-67-55(88)43(24-37-15-17-39(81)18-16-37)73-57(90)40(12-8-9-19-63)71-47(82)26-64/h15-18,27,32-36,40-46,52-53,80-81H,8-14,19-26,28-31,63-64H2,1-7H3,(H,65,70)(H,66,89)(H,67,88)(H,68,87)(H,69,93)(H,71,82)(H,72,83)(H,73,90)(H,74,92)(H,75,94)(H,76,84)(H,77,91)(H,95,96)/t36-,40+,41+,42+,43+,44+,45+,46+,52+,53+/m1/s1. The Bertz CT molecular complexity index is 3000. The van der Waals surface area contributed by atoms with Gasteiger partial charge in [-0.1, -0.05) is 53.7 Å². The molecule has 34 nitrogen and oxygen atoms in total. The fraction of sp³-hybridized carbons (Fsp3) is 0.629. The van der Waals surface area contributed by atoms with E-state index in [1.54, 1.807) is 27.7 Å². The predicted octanol–water partition coefficient (Wildman–Crippen LogP) is -4.96. The highest BCUT2D eigenvalue weighted by Gasteiger charge is 2.39. The van der Waals surface area contributed by atoms with E-state index in [9.17, 15) is 82.4 Å². The highest BCUT2D eigenvalue weighted by molar-refractivity contribution is 5.99. The number of hydrogen-bond donors (Lipinski definition) is 17. The van der Waals surface area contributed by atoms with E-state index < -0.39 is 182 Å². The Morgan fingerprint density at radius 2 is 1.05 bits per heavy atom. The van der Waals surface area contributed by atoms with Crippen LogP contribution in [0.25, 0.3) is 0 Å². The zero-order valence-electron chi connectivity index (χ0n) is 55.5. The molecule has 96 heavy (non-hydrogen) atoms. The third-order valence-electron chi connectivity index (χ3n) is 15.8. The van der Waals surface area contributed by atoms with Crippen LogP contribution in [-0.2, 0) is 80.0 Å². The molecule has 2 fully saturated rings. The summed E-state index contributed by atoms with van der Waals surface area (Å²) in [6.07, 6.45) is 3.59. The Balaban J connectivity index is 1.36. The first-order valence-electron chi connectivity index (χ1n) is 32.3. The summed E-state index contributed by atoms with van der Waals surface area (Å²) in [5, 5.41) is 57.8. The van der Waals surface area contributed by atoms with E-state index in [0.29, 0.717) is 43.5 Å². The molecule has 1 aromatic carbocycles. The third kappa shape index (κ3) is 26.1. The van der Waals surface area contributed by atoms with Gasteiger partial charge in [-0.05, 0) is 107 Å². The van der Waals surface area contributed by atoms with E-state index in [0.717, 1.165) is 0 Å². The van der Waals surface area contributed by atoms with Crippen molar-refractivity contribution in [3.05, 3.63) is 48.0 Å². The summed E-state index contributed by atoms with van der Waals surface area (Å²) in [6, 6.07) is -5.54. The molecule has 13 amide bonds. The summed E-state index contributed by atoms with van der Waals surface area (Å²) in [5.41, 5.74) is 11.9. The fourth-order valence-corrected chi connectivity index (χ4v) is 10.8. The van der Waals surface area contributed by atoms with E-state index in [-0.39, 0.29) is 75.6 Å². The molecule has 1 aromatic heterocycles. The smallest absolute Gasteiger partial charge is 0.326 e. The van der Waals surface area contributed by atoms with Crippen molar-refractivity contribution in [3.63, 3.8) is 0 Å². The number of likely N-dealkylation sites (tertiary alicyclic amines) is 2. The number of amides is 13. The number of phenols is 1. The molecule has 0 radical (unpaired) electrons. The molecule has 532 valence electrons. The van der Waals surface area contributed by atoms with Gasteiger partial charge in [0.1, 0.15) is 60.1 Å². The number of nitrogens with two attached hydrogens (primary N) is 2. The number of carboxylic acids is 1. The van der Waals surface area contributed by atoms with Gasteiger partial charge in [-0.25, -0.2) is 9.78 Å². The second-order valence-electron chi connectivity index (χ2n) is 25.0. The van der Waals surface area contributed by atoms with E-state index in [1.165, 1.54) is 53.5 Å². The number of aromatic nitrogens is 2. The highest BCUT2D eigenvalue weighted by atomic mass is 16.4. The van der Waals surface area contributed by atoms with Crippen molar-refractivity contribution in [1.82, 2.24) is 78.3 Å². The van der Waals surface area contributed by atoms with Gasteiger partial charge < -0.3 is 100 Å². The first-order chi connectivity index (χ1) is 45.4. The Morgan fingerprint density at radius 1 is 0.552 bits per heavy atom. The maximum atomic E-state index is 14.0. The fourth-order valence-electron chi connectivity index (χ4n) is 10.8. The van der Waals surface area contributed by atoms with Gasteiger partial charge in [-0.2, -0.15) is 0 Å². The summed E-state index contributed by atoms with van der Waals surface area (Å²) in [5.74, 6) is -12.4. The second kappa shape index (κ2) is 39.5. The number of nitrogens with one attached hydrogen (secondary N) is 12. The topological polar surface area (TPSA) is 519 Å². The van der Waals surface area contributed by atoms with Crippen LogP contribution in [0.4, 0.5) is 0 Å². The molecule has 0 saturated carbocycles. The molecule has 10 atom stereocenters. The summed E-state index contributed by atoms with van der Waals surface area (Å²) < 4.78 is 0. The lowest BCUT2D eigenvalue weighted by Crippen LogP contribution is -2.59. The maximum absolute atomic E-state index is 14.0. The molecule has 0 aliphatic carbocycles. The summed E-state index contributed by atoms with van der Waals surface area (Å²) in [4.78, 5) is 197. The Morgan fingerprint density at radius 3 is 1.58 bits per heavy atom. The van der Waals surface area contributed by atoms with Gasteiger partial charge in [-0.15, -0.1) is 0 Å². The zero-order valence-corrected chi connectivity index (χ0v) is 55.5. The van der Waals surface area contributed by atoms with Crippen molar-refractivity contribution in [2.45, 2.75) is 180 Å². The largest absolute Gasteiger partial charge is 0.508 e. The number of phenolic OH excluding ortho intramolecular Hbond substituents is 1. The van der Waals surface area contributed by atoms with Gasteiger partial charge in [-0.3, -0.25) is 62.3 Å².